The summed E-state index contributed by atoms with van der Waals surface area (Å²) in [5, 5.41) is 1.55. The zero-order valence-electron chi connectivity index (χ0n) is 15.7. The first-order valence-corrected chi connectivity index (χ1v) is 8.57. The fourth-order valence-electron chi connectivity index (χ4n) is 3.08. The Morgan fingerprint density at radius 1 is 0.815 bits per heavy atom. The molecule has 0 saturated heterocycles. The summed E-state index contributed by atoms with van der Waals surface area (Å²) in [6.07, 6.45) is 1.15. The third-order valence-electron chi connectivity index (χ3n) is 4.34. The smallest absolute Gasteiger partial charge is 0.168 e. The topological polar surface area (TPSA) is 54.0 Å². The lowest BCUT2D eigenvalue weighted by Crippen LogP contribution is -2.01. The van der Waals surface area contributed by atoms with E-state index >= 15 is 0 Å². The van der Waals surface area contributed by atoms with Crippen LogP contribution < -0.4 is 18.9 Å². The molecule has 3 aromatic carbocycles. The summed E-state index contributed by atoms with van der Waals surface area (Å²) < 4.78 is 22.8. The number of aldehydes is 1. The molecular formula is C22H22O5. The quantitative estimate of drug-likeness (QED) is 0.560. The minimum Gasteiger partial charge on any atom is -0.496 e. The van der Waals surface area contributed by atoms with Gasteiger partial charge in [0.25, 0.3) is 0 Å². The van der Waals surface area contributed by atoms with Gasteiger partial charge in [0.15, 0.2) is 11.5 Å². The maximum Gasteiger partial charge on any atom is 0.168 e. The van der Waals surface area contributed by atoms with E-state index in [1.54, 1.807) is 27.4 Å². The monoisotopic (exact) mass is 366 g/mol. The number of hydrogen-bond acceptors (Lipinski definition) is 5. The van der Waals surface area contributed by atoms with Gasteiger partial charge in [0, 0.05) is 17.9 Å². The highest BCUT2D eigenvalue weighted by Gasteiger charge is 2.19. The second-order valence-corrected chi connectivity index (χ2v) is 5.98. The summed E-state index contributed by atoms with van der Waals surface area (Å²) >= 11 is 0. The number of carbonyl (C=O) groups excluding carboxylic acids is 1. The predicted molar refractivity (Wildman–Crippen MR) is 104 cm³/mol. The lowest BCUT2D eigenvalue weighted by Gasteiger charge is -2.18. The number of hydrogen-bond donors (Lipinski definition) is 0. The van der Waals surface area contributed by atoms with Crippen molar-refractivity contribution in [2.24, 2.45) is 0 Å². The Labute approximate surface area is 158 Å². The van der Waals surface area contributed by atoms with Crippen molar-refractivity contribution in [2.75, 3.05) is 21.3 Å². The van der Waals surface area contributed by atoms with Crippen molar-refractivity contribution in [3.8, 4) is 23.0 Å². The van der Waals surface area contributed by atoms with E-state index in [0.29, 0.717) is 29.6 Å². The standard InChI is InChI=1S/C22H22O5/c1-24-18-12-16(9-10-23)11-17-21(18)19(13-20(25-2)22(17)26-3)27-14-15-7-5-4-6-8-15/h4-8,10-13H,9,14H2,1-3H3. The minimum absolute atomic E-state index is 0.285. The molecule has 5 nitrogen and oxygen atoms in total. The second-order valence-electron chi connectivity index (χ2n) is 5.98. The van der Waals surface area contributed by atoms with Crippen LogP contribution in [0.2, 0.25) is 0 Å². The van der Waals surface area contributed by atoms with Gasteiger partial charge in [-0.15, -0.1) is 0 Å². The van der Waals surface area contributed by atoms with Gasteiger partial charge < -0.3 is 23.7 Å². The molecule has 0 bridgehead atoms. The molecule has 0 heterocycles. The molecule has 3 aromatic rings. The van der Waals surface area contributed by atoms with Crippen LogP contribution >= 0.6 is 0 Å². The van der Waals surface area contributed by atoms with Crippen LogP contribution in [0.25, 0.3) is 10.8 Å². The van der Waals surface area contributed by atoms with Crippen molar-refractivity contribution in [2.45, 2.75) is 13.0 Å². The Bertz CT molecular complexity index is 935. The highest BCUT2D eigenvalue weighted by Crippen LogP contribution is 2.46. The molecule has 0 aromatic heterocycles. The molecule has 5 heteroatoms. The number of carbonyl (C=O) groups is 1. The van der Waals surface area contributed by atoms with Crippen molar-refractivity contribution in [3.63, 3.8) is 0 Å². The normalized spacial score (nSPS) is 10.5. The van der Waals surface area contributed by atoms with Gasteiger partial charge in [-0.3, -0.25) is 0 Å². The molecule has 3 rings (SSSR count). The molecule has 0 amide bonds. The summed E-state index contributed by atoms with van der Waals surface area (Å²) in [7, 11) is 4.76. The molecule has 27 heavy (non-hydrogen) atoms. The van der Waals surface area contributed by atoms with Gasteiger partial charge in [-0.2, -0.15) is 0 Å². The van der Waals surface area contributed by atoms with E-state index in [0.717, 1.165) is 28.2 Å². The molecule has 0 atom stereocenters. The number of benzene rings is 3. The minimum atomic E-state index is 0.285. The molecular weight excluding hydrogens is 344 g/mol. The Morgan fingerprint density at radius 2 is 1.56 bits per heavy atom. The van der Waals surface area contributed by atoms with Gasteiger partial charge in [-0.25, -0.2) is 0 Å². The van der Waals surface area contributed by atoms with Crippen molar-refractivity contribution in [1.29, 1.82) is 0 Å². The summed E-state index contributed by atoms with van der Waals surface area (Å²) in [4.78, 5) is 11.0. The van der Waals surface area contributed by atoms with E-state index < -0.39 is 0 Å². The van der Waals surface area contributed by atoms with Crippen molar-refractivity contribution < 1.29 is 23.7 Å². The van der Waals surface area contributed by atoms with Gasteiger partial charge in [-0.1, -0.05) is 30.3 Å². The zero-order chi connectivity index (χ0) is 19.2. The fourth-order valence-corrected chi connectivity index (χ4v) is 3.08. The Morgan fingerprint density at radius 3 is 2.19 bits per heavy atom. The number of methoxy groups -OCH3 is 3. The predicted octanol–water partition coefficient (Wildman–Crippen LogP) is 4.19. The fraction of sp³-hybridized carbons (Fsp3) is 0.227. The third kappa shape index (κ3) is 3.82. The van der Waals surface area contributed by atoms with Crippen LogP contribution in [0.4, 0.5) is 0 Å². The van der Waals surface area contributed by atoms with Crippen LogP contribution in [0.5, 0.6) is 23.0 Å². The summed E-state index contributed by atoms with van der Waals surface area (Å²) in [5.41, 5.74) is 1.88. The van der Waals surface area contributed by atoms with Crippen LogP contribution in [-0.2, 0) is 17.8 Å². The average molecular weight is 366 g/mol. The molecule has 0 unspecified atom stereocenters. The van der Waals surface area contributed by atoms with Crippen LogP contribution in [-0.4, -0.2) is 27.6 Å². The third-order valence-corrected chi connectivity index (χ3v) is 4.34. The van der Waals surface area contributed by atoms with Crippen LogP contribution in [0, 0.1) is 0 Å². The summed E-state index contributed by atoms with van der Waals surface area (Å²) in [6.45, 7) is 0.407. The first-order valence-electron chi connectivity index (χ1n) is 8.57. The first kappa shape index (κ1) is 18.6. The van der Waals surface area contributed by atoms with Crippen molar-refractivity contribution >= 4 is 17.1 Å². The Hall–Kier alpha value is -3.21. The first-order chi connectivity index (χ1) is 13.2. The van der Waals surface area contributed by atoms with E-state index in [-0.39, 0.29) is 6.42 Å². The van der Waals surface area contributed by atoms with Crippen LogP contribution in [0.15, 0.2) is 48.5 Å². The molecule has 0 saturated carbocycles. The van der Waals surface area contributed by atoms with Crippen LogP contribution in [0.1, 0.15) is 11.1 Å². The lowest BCUT2D eigenvalue weighted by molar-refractivity contribution is -0.107. The van der Waals surface area contributed by atoms with E-state index in [1.165, 1.54) is 0 Å². The largest absolute Gasteiger partial charge is 0.496 e. The maximum absolute atomic E-state index is 11.0. The molecule has 0 radical (unpaired) electrons. The molecule has 140 valence electrons. The number of rotatable bonds is 8. The van der Waals surface area contributed by atoms with Gasteiger partial charge >= 0.3 is 0 Å². The van der Waals surface area contributed by atoms with Crippen LogP contribution in [0.3, 0.4) is 0 Å². The van der Waals surface area contributed by atoms with E-state index in [2.05, 4.69) is 0 Å². The molecule has 0 aliphatic carbocycles. The van der Waals surface area contributed by atoms with Crippen molar-refractivity contribution in [1.82, 2.24) is 0 Å². The average Bonchev–Trinajstić information content (AvgIpc) is 2.71. The molecule has 0 fully saturated rings. The molecule has 0 aliphatic rings. The molecule has 0 N–H and O–H groups in total. The Balaban J connectivity index is 2.17. The molecule has 0 aliphatic heterocycles. The SMILES string of the molecule is COc1cc(OCc2ccccc2)c2c(OC)cc(CC=O)cc2c1OC. The van der Waals surface area contributed by atoms with Gasteiger partial charge in [-0.05, 0) is 23.3 Å². The van der Waals surface area contributed by atoms with Gasteiger partial charge in [0.05, 0.1) is 26.7 Å². The van der Waals surface area contributed by atoms with Gasteiger partial charge in [0.1, 0.15) is 24.4 Å². The molecule has 0 spiro atoms. The lowest BCUT2D eigenvalue weighted by atomic mass is 10.0. The number of ether oxygens (including phenoxy) is 4. The van der Waals surface area contributed by atoms with E-state index in [1.807, 2.05) is 42.5 Å². The Kier molecular flexibility index (Phi) is 5.81. The maximum atomic E-state index is 11.0. The summed E-state index contributed by atoms with van der Waals surface area (Å²) in [6, 6.07) is 15.5. The summed E-state index contributed by atoms with van der Waals surface area (Å²) in [5.74, 6) is 2.37. The van der Waals surface area contributed by atoms with E-state index in [9.17, 15) is 4.79 Å². The number of fused-ring (bicyclic) bond motifs is 1. The van der Waals surface area contributed by atoms with Crippen molar-refractivity contribution in [3.05, 3.63) is 59.7 Å². The van der Waals surface area contributed by atoms with E-state index in [4.69, 9.17) is 18.9 Å². The highest BCUT2D eigenvalue weighted by molar-refractivity contribution is 6.00. The zero-order valence-corrected chi connectivity index (χ0v) is 15.7. The highest BCUT2D eigenvalue weighted by atomic mass is 16.5. The van der Waals surface area contributed by atoms with Gasteiger partial charge in [0.2, 0.25) is 0 Å². The second kappa shape index (κ2) is 8.45.